The normalized spacial score (nSPS) is 14.9. The Hall–Kier alpha value is -1.66. The van der Waals surface area contributed by atoms with Crippen molar-refractivity contribution in [3.63, 3.8) is 0 Å². The Morgan fingerprint density at radius 2 is 1.95 bits per heavy atom. The second-order valence-electron chi connectivity index (χ2n) is 4.72. The number of aliphatic hydroxyl groups is 1. The average molecular weight is 297 g/mol. The minimum Gasteiger partial charge on any atom is -0.394 e. The number of carbonyl (C=O) groups excluding carboxylic acids is 1. The molecule has 0 aliphatic heterocycles. The number of hydrogen-bond acceptors (Lipinski definition) is 4. The van der Waals surface area contributed by atoms with Crippen molar-refractivity contribution in [2.24, 2.45) is 0 Å². The van der Waals surface area contributed by atoms with Gasteiger partial charge in [0.1, 0.15) is 0 Å². The first-order chi connectivity index (χ1) is 9.33. The van der Waals surface area contributed by atoms with Crippen LogP contribution in [0.3, 0.4) is 0 Å². The average Bonchev–Trinajstić information content (AvgIpc) is 2.46. The molecule has 1 aromatic rings. The van der Waals surface area contributed by atoms with Crippen LogP contribution in [-0.2, 0) is 14.6 Å². The van der Waals surface area contributed by atoms with Gasteiger partial charge >= 0.3 is 0 Å². The van der Waals surface area contributed by atoms with Crippen molar-refractivity contribution in [1.29, 1.82) is 0 Å². The second kappa shape index (κ2) is 6.67. The molecule has 0 aromatic heterocycles. The van der Waals surface area contributed by atoms with Gasteiger partial charge < -0.3 is 10.4 Å². The van der Waals surface area contributed by atoms with E-state index in [0.29, 0.717) is 6.42 Å². The van der Waals surface area contributed by atoms with Gasteiger partial charge in [-0.3, -0.25) is 4.79 Å². The molecule has 6 heteroatoms. The number of rotatable bonds is 6. The maximum absolute atomic E-state index is 11.9. The van der Waals surface area contributed by atoms with Crippen molar-refractivity contribution in [2.45, 2.75) is 30.7 Å². The largest absolute Gasteiger partial charge is 0.394 e. The van der Waals surface area contributed by atoms with E-state index in [1.54, 1.807) is 25.1 Å². The lowest BCUT2D eigenvalue weighted by atomic mass is 10.0. The van der Waals surface area contributed by atoms with Gasteiger partial charge in [-0.2, -0.15) is 0 Å². The molecule has 1 rings (SSSR count). The maximum atomic E-state index is 11.9. The lowest BCUT2D eigenvalue weighted by Crippen LogP contribution is -2.47. The summed E-state index contributed by atoms with van der Waals surface area (Å²) in [6, 6.07) is 7.85. The standard InChI is InChI=1S/C14H19NO4S/c1-3-14(2,11-16)15-13(17)9-10-20(18,19)12-7-5-4-6-8-12/h4-10,16H,3,11H2,1-2H3,(H,15,17). The fourth-order valence-corrected chi connectivity index (χ4v) is 2.42. The van der Waals surface area contributed by atoms with Crippen molar-refractivity contribution in [1.82, 2.24) is 5.32 Å². The molecule has 1 unspecified atom stereocenters. The van der Waals surface area contributed by atoms with Gasteiger partial charge in [-0.05, 0) is 25.5 Å². The molecule has 0 spiro atoms. The van der Waals surface area contributed by atoms with Crippen molar-refractivity contribution >= 4 is 15.7 Å². The van der Waals surface area contributed by atoms with Gasteiger partial charge in [-0.1, -0.05) is 25.1 Å². The van der Waals surface area contributed by atoms with E-state index >= 15 is 0 Å². The second-order valence-corrected chi connectivity index (χ2v) is 6.56. The number of hydrogen-bond donors (Lipinski definition) is 2. The lowest BCUT2D eigenvalue weighted by Gasteiger charge is -2.26. The number of benzene rings is 1. The third-order valence-electron chi connectivity index (χ3n) is 3.02. The van der Waals surface area contributed by atoms with Crippen molar-refractivity contribution in [2.75, 3.05) is 6.61 Å². The van der Waals surface area contributed by atoms with Gasteiger partial charge in [-0.25, -0.2) is 8.42 Å². The highest BCUT2D eigenvalue weighted by Crippen LogP contribution is 2.11. The van der Waals surface area contributed by atoms with Crippen molar-refractivity contribution in [3.8, 4) is 0 Å². The monoisotopic (exact) mass is 297 g/mol. The summed E-state index contributed by atoms with van der Waals surface area (Å²) < 4.78 is 23.9. The van der Waals surface area contributed by atoms with Crippen LogP contribution in [0.5, 0.6) is 0 Å². The SMILES string of the molecule is CCC(C)(CO)NC(=O)C=CS(=O)(=O)c1ccccc1. The van der Waals surface area contributed by atoms with Crippen LogP contribution in [0, 0.1) is 0 Å². The third-order valence-corrected chi connectivity index (χ3v) is 4.45. The zero-order valence-corrected chi connectivity index (χ0v) is 12.4. The maximum Gasteiger partial charge on any atom is 0.245 e. The van der Waals surface area contributed by atoms with E-state index in [9.17, 15) is 18.3 Å². The Labute approximate surface area is 119 Å². The van der Waals surface area contributed by atoms with E-state index in [1.165, 1.54) is 12.1 Å². The Balaban J connectivity index is 2.80. The van der Waals surface area contributed by atoms with Gasteiger partial charge in [0.05, 0.1) is 17.0 Å². The summed E-state index contributed by atoms with van der Waals surface area (Å²) in [6.07, 6.45) is 1.50. The molecule has 0 radical (unpaired) electrons. The highest BCUT2D eigenvalue weighted by atomic mass is 32.2. The van der Waals surface area contributed by atoms with Crippen LogP contribution < -0.4 is 5.32 Å². The van der Waals surface area contributed by atoms with E-state index < -0.39 is 21.3 Å². The lowest BCUT2D eigenvalue weighted by molar-refractivity contribution is -0.118. The summed E-state index contributed by atoms with van der Waals surface area (Å²) in [6.45, 7) is 3.29. The van der Waals surface area contributed by atoms with Crippen LogP contribution in [0.4, 0.5) is 0 Å². The molecule has 2 N–H and O–H groups in total. The molecule has 0 saturated carbocycles. The molecule has 0 saturated heterocycles. The fourth-order valence-electron chi connectivity index (χ4n) is 1.42. The Kier molecular flexibility index (Phi) is 5.47. The van der Waals surface area contributed by atoms with Gasteiger partial charge in [-0.15, -0.1) is 0 Å². The van der Waals surface area contributed by atoms with Crippen LogP contribution in [0.15, 0.2) is 46.7 Å². The predicted molar refractivity (Wildman–Crippen MR) is 76.7 cm³/mol. The minimum absolute atomic E-state index is 0.129. The molecule has 0 aliphatic carbocycles. The molecule has 0 fully saturated rings. The zero-order valence-electron chi connectivity index (χ0n) is 11.5. The highest BCUT2D eigenvalue weighted by molar-refractivity contribution is 7.94. The molecule has 20 heavy (non-hydrogen) atoms. The van der Waals surface area contributed by atoms with E-state index in [-0.39, 0.29) is 11.5 Å². The van der Waals surface area contributed by atoms with Crippen LogP contribution in [-0.4, -0.2) is 31.6 Å². The van der Waals surface area contributed by atoms with E-state index in [2.05, 4.69) is 5.32 Å². The molecule has 110 valence electrons. The highest BCUT2D eigenvalue weighted by Gasteiger charge is 2.22. The van der Waals surface area contributed by atoms with Gasteiger partial charge in [0.15, 0.2) is 9.84 Å². The zero-order chi connectivity index (χ0) is 15.2. The summed E-state index contributed by atoms with van der Waals surface area (Å²) >= 11 is 0. The van der Waals surface area contributed by atoms with Crippen LogP contribution >= 0.6 is 0 Å². The summed E-state index contributed by atoms with van der Waals surface area (Å²) in [7, 11) is -3.63. The molecule has 1 amide bonds. The molecule has 0 heterocycles. The predicted octanol–water partition coefficient (Wildman–Crippen LogP) is 1.25. The molecule has 1 aromatic carbocycles. The number of aliphatic hydroxyl groups excluding tert-OH is 1. The number of nitrogens with one attached hydrogen (secondary N) is 1. The molecule has 0 bridgehead atoms. The smallest absolute Gasteiger partial charge is 0.245 e. The molecular formula is C14H19NO4S. The quantitative estimate of drug-likeness (QED) is 0.774. The summed E-state index contributed by atoms with van der Waals surface area (Å²) in [5, 5.41) is 12.6. The van der Waals surface area contributed by atoms with E-state index in [1.807, 2.05) is 6.92 Å². The van der Waals surface area contributed by atoms with Gasteiger partial charge in [0, 0.05) is 11.5 Å². The van der Waals surface area contributed by atoms with Gasteiger partial charge in [0.25, 0.3) is 0 Å². The van der Waals surface area contributed by atoms with E-state index in [0.717, 1.165) is 11.5 Å². The Bertz CT molecular complexity index is 574. The Morgan fingerprint density at radius 1 is 1.35 bits per heavy atom. The van der Waals surface area contributed by atoms with Crippen molar-refractivity contribution < 1.29 is 18.3 Å². The molecular weight excluding hydrogens is 278 g/mol. The first kappa shape index (κ1) is 16.4. The number of sulfone groups is 1. The minimum atomic E-state index is -3.63. The summed E-state index contributed by atoms with van der Waals surface area (Å²) in [4.78, 5) is 11.8. The Morgan fingerprint density at radius 3 is 2.45 bits per heavy atom. The molecule has 5 nitrogen and oxygen atoms in total. The first-order valence-electron chi connectivity index (χ1n) is 6.24. The summed E-state index contributed by atoms with van der Waals surface area (Å²) in [5.41, 5.74) is -0.752. The molecule has 1 atom stereocenters. The first-order valence-corrected chi connectivity index (χ1v) is 7.79. The van der Waals surface area contributed by atoms with Crippen LogP contribution in [0.2, 0.25) is 0 Å². The van der Waals surface area contributed by atoms with Crippen molar-refractivity contribution in [3.05, 3.63) is 41.8 Å². The topological polar surface area (TPSA) is 83.5 Å². The molecule has 0 aliphatic rings. The van der Waals surface area contributed by atoms with Gasteiger partial charge in [0.2, 0.25) is 5.91 Å². The van der Waals surface area contributed by atoms with Crippen LogP contribution in [0.25, 0.3) is 0 Å². The fraction of sp³-hybridized carbons (Fsp3) is 0.357. The summed E-state index contributed by atoms with van der Waals surface area (Å²) in [5.74, 6) is -0.553. The number of amides is 1. The number of carbonyl (C=O) groups is 1. The third kappa shape index (κ3) is 4.47. The van der Waals surface area contributed by atoms with E-state index in [4.69, 9.17) is 0 Å². The van der Waals surface area contributed by atoms with Crippen LogP contribution in [0.1, 0.15) is 20.3 Å².